The molecule has 1 aromatic rings. The molecule has 0 aliphatic carbocycles. The smallest absolute Gasteiger partial charge is 0.0314 e. The van der Waals surface area contributed by atoms with Crippen molar-refractivity contribution in [2.24, 2.45) is 5.92 Å². The highest BCUT2D eigenvalue weighted by Crippen LogP contribution is 2.15. The maximum atomic E-state index is 5.61. The van der Waals surface area contributed by atoms with Crippen molar-refractivity contribution in [2.75, 3.05) is 5.73 Å². The summed E-state index contributed by atoms with van der Waals surface area (Å²) in [6, 6.07) is 8.08. The van der Waals surface area contributed by atoms with Gasteiger partial charge in [-0.15, -0.1) is 0 Å². The van der Waals surface area contributed by atoms with Crippen molar-refractivity contribution in [1.29, 1.82) is 0 Å². The first-order chi connectivity index (χ1) is 6.59. The second-order valence-electron chi connectivity index (χ2n) is 4.05. The fourth-order valence-electron chi connectivity index (χ4n) is 1.28. The number of nitrogen functional groups attached to an aromatic ring is 1. The van der Waals surface area contributed by atoms with Gasteiger partial charge >= 0.3 is 0 Å². The molecule has 0 saturated carbocycles. The third-order valence-electron chi connectivity index (χ3n) is 2.53. The number of benzene rings is 1. The maximum Gasteiger partial charge on any atom is 0.0314 e. The summed E-state index contributed by atoms with van der Waals surface area (Å²) in [4.78, 5) is 0. The van der Waals surface area contributed by atoms with Crippen molar-refractivity contribution >= 4 is 5.69 Å². The molecule has 76 valence electrons. The standard InChI is InChI=1S/C13H19N/c1-10(2)11(3)4-5-12-6-8-13(14)9-7-12/h6-10H,3-5,14H2,1-2H3. The minimum absolute atomic E-state index is 0.587. The van der Waals surface area contributed by atoms with Gasteiger partial charge in [0, 0.05) is 5.69 Å². The number of rotatable bonds is 4. The molecule has 0 unspecified atom stereocenters. The molecule has 0 aromatic heterocycles. The number of nitrogens with two attached hydrogens (primary N) is 1. The molecular formula is C13H19N. The molecule has 0 bridgehead atoms. The lowest BCUT2D eigenvalue weighted by Crippen LogP contribution is -1.95. The van der Waals surface area contributed by atoms with Crippen LogP contribution < -0.4 is 5.73 Å². The van der Waals surface area contributed by atoms with Gasteiger partial charge in [0.15, 0.2) is 0 Å². The fourth-order valence-corrected chi connectivity index (χ4v) is 1.28. The van der Waals surface area contributed by atoms with Crippen LogP contribution in [-0.4, -0.2) is 0 Å². The van der Waals surface area contributed by atoms with Gasteiger partial charge in [0.2, 0.25) is 0 Å². The third kappa shape index (κ3) is 3.25. The first kappa shape index (κ1) is 10.8. The van der Waals surface area contributed by atoms with Crippen molar-refractivity contribution in [3.63, 3.8) is 0 Å². The topological polar surface area (TPSA) is 26.0 Å². The van der Waals surface area contributed by atoms with Crippen LogP contribution in [0.25, 0.3) is 0 Å². The monoisotopic (exact) mass is 189 g/mol. The van der Waals surface area contributed by atoms with Gasteiger partial charge in [0.25, 0.3) is 0 Å². The van der Waals surface area contributed by atoms with Crippen LogP contribution in [0, 0.1) is 5.92 Å². The molecule has 0 amide bonds. The first-order valence-corrected chi connectivity index (χ1v) is 5.11. The zero-order valence-electron chi connectivity index (χ0n) is 9.09. The summed E-state index contributed by atoms with van der Waals surface area (Å²) in [5.41, 5.74) is 9.10. The Morgan fingerprint density at radius 2 is 1.86 bits per heavy atom. The van der Waals surface area contributed by atoms with E-state index in [9.17, 15) is 0 Å². The Morgan fingerprint density at radius 3 is 2.36 bits per heavy atom. The van der Waals surface area contributed by atoms with E-state index >= 15 is 0 Å². The second kappa shape index (κ2) is 4.85. The normalized spacial score (nSPS) is 10.5. The van der Waals surface area contributed by atoms with Crippen molar-refractivity contribution in [2.45, 2.75) is 26.7 Å². The average Bonchev–Trinajstić information content (AvgIpc) is 2.16. The Morgan fingerprint density at radius 1 is 1.29 bits per heavy atom. The van der Waals surface area contributed by atoms with Gasteiger partial charge in [-0.3, -0.25) is 0 Å². The van der Waals surface area contributed by atoms with Gasteiger partial charge in [0.1, 0.15) is 0 Å². The van der Waals surface area contributed by atoms with Gasteiger partial charge in [-0.25, -0.2) is 0 Å². The largest absolute Gasteiger partial charge is 0.399 e. The molecule has 0 aliphatic rings. The zero-order valence-corrected chi connectivity index (χ0v) is 9.09. The highest BCUT2D eigenvalue weighted by atomic mass is 14.5. The van der Waals surface area contributed by atoms with E-state index in [2.05, 4.69) is 32.6 Å². The predicted molar refractivity (Wildman–Crippen MR) is 63.2 cm³/mol. The molecule has 1 nitrogen and oxygen atoms in total. The third-order valence-corrected chi connectivity index (χ3v) is 2.53. The summed E-state index contributed by atoms with van der Waals surface area (Å²) in [5.74, 6) is 0.587. The molecule has 0 heterocycles. The first-order valence-electron chi connectivity index (χ1n) is 5.11. The number of hydrogen-bond acceptors (Lipinski definition) is 1. The summed E-state index contributed by atoms with van der Waals surface area (Å²) < 4.78 is 0. The average molecular weight is 189 g/mol. The lowest BCUT2D eigenvalue weighted by molar-refractivity contribution is 0.713. The van der Waals surface area contributed by atoms with Crippen LogP contribution in [0.15, 0.2) is 36.4 Å². The molecule has 0 saturated heterocycles. The van der Waals surface area contributed by atoms with Crippen LogP contribution >= 0.6 is 0 Å². The molecule has 14 heavy (non-hydrogen) atoms. The Kier molecular flexibility index (Phi) is 3.75. The van der Waals surface area contributed by atoms with Gasteiger partial charge in [-0.1, -0.05) is 38.1 Å². The summed E-state index contributed by atoms with van der Waals surface area (Å²) in [6.07, 6.45) is 2.14. The quantitative estimate of drug-likeness (QED) is 0.570. The minimum Gasteiger partial charge on any atom is -0.399 e. The van der Waals surface area contributed by atoms with E-state index in [1.54, 1.807) is 0 Å². The van der Waals surface area contributed by atoms with E-state index in [1.807, 2.05) is 12.1 Å². The van der Waals surface area contributed by atoms with Crippen molar-refractivity contribution in [3.05, 3.63) is 42.0 Å². The van der Waals surface area contributed by atoms with Crippen LogP contribution in [0.4, 0.5) is 5.69 Å². The molecule has 0 spiro atoms. The van der Waals surface area contributed by atoms with Crippen LogP contribution in [0.2, 0.25) is 0 Å². The van der Waals surface area contributed by atoms with Crippen LogP contribution in [0.3, 0.4) is 0 Å². The van der Waals surface area contributed by atoms with E-state index in [4.69, 9.17) is 5.73 Å². The highest BCUT2D eigenvalue weighted by molar-refractivity contribution is 5.39. The molecule has 0 radical (unpaired) electrons. The summed E-state index contributed by atoms with van der Waals surface area (Å²) in [6.45, 7) is 8.43. The number of hydrogen-bond donors (Lipinski definition) is 1. The van der Waals surface area contributed by atoms with Gasteiger partial charge in [0.05, 0.1) is 0 Å². The Labute approximate surface area is 86.6 Å². The molecule has 1 heteroatoms. The summed E-state index contributed by atoms with van der Waals surface area (Å²) in [5, 5.41) is 0. The molecule has 2 N–H and O–H groups in total. The Balaban J connectivity index is 2.46. The lowest BCUT2D eigenvalue weighted by Gasteiger charge is -2.09. The van der Waals surface area contributed by atoms with E-state index < -0.39 is 0 Å². The minimum atomic E-state index is 0.587. The maximum absolute atomic E-state index is 5.61. The molecule has 1 rings (SSSR count). The van der Waals surface area contributed by atoms with Crippen LogP contribution in [0.5, 0.6) is 0 Å². The molecular weight excluding hydrogens is 170 g/mol. The van der Waals surface area contributed by atoms with E-state index in [0.717, 1.165) is 18.5 Å². The van der Waals surface area contributed by atoms with Gasteiger partial charge in [-0.2, -0.15) is 0 Å². The van der Waals surface area contributed by atoms with Crippen LogP contribution in [0.1, 0.15) is 25.8 Å². The van der Waals surface area contributed by atoms with Gasteiger partial charge in [-0.05, 0) is 36.5 Å². The number of anilines is 1. The van der Waals surface area contributed by atoms with Crippen molar-refractivity contribution in [1.82, 2.24) is 0 Å². The predicted octanol–water partition coefficient (Wildman–Crippen LogP) is 3.41. The molecule has 0 fully saturated rings. The number of allylic oxidation sites excluding steroid dienone is 1. The molecule has 0 aliphatic heterocycles. The van der Waals surface area contributed by atoms with Gasteiger partial charge < -0.3 is 5.73 Å². The van der Waals surface area contributed by atoms with Crippen LogP contribution in [-0.2, 0) is 6.42 Å². The SMILES string of the molecule is C=C(CCc1ccc(N)cc1)C(C)C. The van der Waals surface area contributed by atoms with E-state index in [0.29, 0.717) is 5.92 Å². The highest BCUT2D eigenvalue weighted by Gasteiger charge is 2.00. The second-order valence-corrected chi connectivity index (χ2v) is 4.05. The Hall–Kier alpha value is -1.24. The van der Waals surface area contributed by atoms with E-state index in [1.165, 1.54) is 11.1 Å². The summed E-state index contributed by atoms with van der Waals surface area (Å²) in [7, 11) is 0. The van der Waals surface area contributed by atoms with Crippen molar-refractivity contribution in [3.8, 4) is 0 Å². The van der Waals surface area contributed by atoms with E-state index in [-0.39, 0.29) is 0 Å². The fraction of sp³-hybridized carbons (Fsp3) is 0.385. The number of aryl methyl sites for hydroxylation is 1. The molecule has 0 atom stereocenters. The van der Waals surface area contributed by atoms with Crippen molar-refractivity contribution < 1.29 is 0 Å². The lowest BCUT2D eigenvalue weighted by atomic mass is 9.98. The molecule has 1 aromatic carbocycles. The zero-order chi connectivity index (χ0) is 10.6. The summed E-state index contributed by atoms with van der Waals surface area (Å²) >= 11 is 0. The Bertz CT molecular complexity index is 296.